The molecule has 130 valence electrons. The van der Waals surface area contributed by atoms with Crippen LogP contribution in [0.3, 0.4) is 0 Å². The molecule has 0 saturated carbocycles. The molecule has 0 aliphatic heterocycles. The normalized spacial score (nSPS) is 11.6. The smallest absolute Gasteiger partial charge is 0.319 e. The Morgan fingerprint density at radius 1 is 1.38 bits per heavy atom. The minimum Gasteiger partial charge on any atom is -0.319 e. The van der Waals surface area contributed by atoms with Crippen LogP contribution in [0.2, 0.25) is 15.2 Å². The lowest BCUT2D eigenvalue weighted by molar-refractivity contribution is 0.102. The van der Waals surface area contributed by atoms with E-state index in [0.717, 1.165) is 10.2 Å². The van der Waals surface area contributed by atoms with Crippen molar-refractivity contribution in [3.8, 4) is 0 Å². The average Bonchev–Trinajstić information content (AvgIpc) is 2.75. The molecule has 0 fully saturated rings. The number of hydrogen-bond acceptors (Lipinski definition) is 4. The van der Waals surface area contributed by atoms with E-state index in [-0.39, 0.29) is 15.9 Å². The summed E-state index contributed by atoms with van der Waals surface area (Å²) in [4.78, 5) is 29.6. The zero-order valence-electron chi connectivity index (χ0n) is 12.0. The predicted molar refractivity (Wildman–Crippen MR) is 89.5 cm³/mol. The van der Waals surface area contributed by atoms with E-state index in [1.807, 2.05) is 6.92 Å². The quantitative estimate of drug-likeness (QED) is 0.646. The van der Waals surface area contributed by atoms with Gasteiger partial charge in [0.1, 0.15) is 10.2 Å². The number of nitrogens with zero attached hydrogens (tertiary/aromatic N) is 2. The summed E-state index contributed by atoms with van der Waals surface area (Å²) < 4.78 is 15.8. The summed E-state index contributed by atoms with van der Waals surface area (Å²) in [6.45, 7) is 1.16. The number of aryl methyl sites for hydroxylation is 1. The Balaban J connectivity index is 2.22. The third kappa shape index (κ3) is 4.70. The molecule has 0 bridgehead atoms. The van der Waals surface area contributed by atoms with Crippen LogP contribution in [-0.4, -0.2) is 25.5 Å². The van der Waals surface area contributed by atoms with Crippen LogP contribution in [-0.2, 0) is 15.8 Å². The van der Waals surface area contributed by atoms with Crippen molar-refractivity contribution in [2.24, 2.45) is 0 Å². The highest BCUT2D eigenvalue weighted by Crippen LogP contribution is 2.37. The highest BCUT2D eigenvalue weighted by atomic mass is 35.5. The van der Waals surface area contributed by atoms with Crippen LogP contribution in [0, 0.1) is 6.92 Å². The molecule has 1 aromatic heterocycles. The fourth-order valence-electron chi connectivity index (χ4n) is 1.68. The number of nitrogens with one attached hydrogen (secondary N) is 1. The van der Waals surface area contributed by atoms with Crippen molar-refractivity contribution < 1.29 is 23.7 Å². The zero-order valence-corrected chi connectivity index (χ0v) is 15.2. The summed E-state index contributed by atoms with van der Waals surface area (Å²) in [5.41, 5.74) is 1.02. The first-order chi connectivity index (χ1) is 11.1. The molecule has 1 amide bonds. The largest absolute Gasteiger partial charge is 0.471 e. The number of phosphoric acid groups is 1. The van der Waals surface area contributed by atoms with Gasteiger partial charge in [-0.15, -0.1) is 0 Å². The van der Waals surface area contributed by atoms with Gasteiger partial charge >= 0.3 is 7.82 Å². The van der Waals surface area contributed by atoms with E-state index < -0.39 is 20.5 Å². The fourth-order valence-corrected chi connectivity index (χ4v) is 2.62. The Labute approximate surface area is 151 Å². The van der Waals surface area contributed by atoms with Crippen LogP contribution in [0.4, 0.5) is 5.69 Å². The maximum atomic E-state index is 12.3. The molecule has 3 N–H and O–H groups in total. The van der Waals surface area contributed by atoms with Gasteiger partial charge in [-0.3, -0.25) is 9.32 Å². The highest BCUT2D eigenvalue weighted by molar-refractivity contribution is 7.46. The SMILES string of the molecule is Cc1ccc(NC(=O)c2nn(COP(=O)(O)O)c(Cl)c2Cl)c(Cl)c1. The lowest BCUT2D eigenvalue weighted by atomic mass is 10.2. The number of anilines is 1. The summed E-state index contributed by atoms with van der Waals surface area (Å²) in [6.07, 6.45) is 0. The number of aromatic nitrogens is 2. The average molecular weight is 415 g/mol. The molecule has 0 unspecified atom stereocenters. The number of amides is 1. The van der Waals surface area contributed by atoms with Crippen molar-refractivity contribution in [2.45, 2.75) is 13.7 Å². The van der Waals surface area contributed by atoms with Gasteiger partial charge in [-0.05, 0) is 24.6 Å². The molecule has 2 aromatic rings. The van der Waals surface area contributed by atoms with Crippen LogP contribution in [0.1, 0.15) is 16.1 Å². The number of benzene rings is 1. The summed E-state index contributed by atoms with van der Waals surface area (Å²) in [7, 11) is -4.73. The van der Waals surface area contributed by atoms with Crippen LogP contribution in [0.5, 0.6) is 0 Å². The number of phosphoric ester groups is 1. The maximum absolute atomic E-state index is 12.3. The van der Waals surface area contributed by atoms with E-state index in [1.54, 1.807) is 18.2 Å². The second-order valence-corrected chi connectivity index (χ2v) is 7.02. The molecule has 12 heteroatoms. The van der Waals surface area contributed by atoms with Crippen LogP contribution < -0.4 is 5.32 Å². The first-order valence-electron chi connectivity index (χ1n) is 6.28. The number of carbonyl (C=O) groups is 1. The molecule has 0 spiro atoms. The molecule has 0 atom stereocenters. The molecule has 2 rings (SSSR count). The van der Waals surface area contributed by atoms with Gasteiger partial charge in [0.15, 0.2) is 12.4 Å². The summed E-state index contributed by atoms with van der Waals surface area (Å²) in [5.74, 6) is -0.692. The molecular formula is C12H11Cl3N3O5P. The van der Waals surface area contributed by atoms with Crippen LogP contribution >= 0.6 is 42.6 Å². The number of halogens is 3. The van der Waals surface area contributed by atoms with E-state index >= 15 is 0 Å². The van der Waals surface area contributed by atoms with Crippen LogP contribution in [0.25, 0.3) is 0 Å². The molecule has 8 nitrogen and oxygen atoms in total. The first-order valence-corrected chi connectivity index (χ1v) is 8.94. The van der Waals surface area contributed by atoms with Crippen molar-refractivity contribution in [1.82, 2.24) is 9.78 Å². The fraction of sp³-hybridized carbons (Fsp3) is 0.167. The molecular weight excluding hydrogens is 403 g/mol. The monoisotopic (exact) mass is 413 g/mol. The van der Waals surface area contributed by atoms with E-state index in [1.165, 1.54) is 0 Å². The molecule has 0 saturated heterocycles. The van der Waals surface area contributed by atoms with Gasteiger partial charge in [0.05, 0.1) is 10.7 Å². The lowest BCUT2D eigenvalue weighted by Crippen LogP contribution is -2.14. The van der Waals surface area contributed by atoms with E-state index in [4.69, 9.17) is 44.6 Å². The van der Waals surface area contributed by atoms with Gasteiger partial charge in [-0.2, -0.15) is 5.10 Å². The molecule has 1 heterocycles. The van der Waals surface area contributed by atoms with Crippen molar-refractivity contribution in [1.29, 1.82) is 0 Å². The molecule has 24 heavy (non-hydrogen) atoms. The number of hydrogen-bond donors (Lipinski definition) is 3. The topological polar surface area (TPSA) is 114 Å². The molecule has 0 aliphatic rings. The number of carbonyl (C=O) groups excluding carboxylic acids is 1. The first kappa shape index (κ1) is 19.2. The minimum atomic E-state index is -4.73. The second-order valence-electron chi connectivity index (χ2n) is 4.64. The third-order valence-electron chi connectivity index (χ3n) is 2.77. The van der Waals surface area contributed by atoms with Gasteiger partial charge in [0, 0.05) is 0 Å². The van der Waals surface area contributed by atoms with Crippen molar-refractivity contribution in [2.75, 3.05) is 5.32 Å². The number of rotatable bonds is 5. The van der Waals surface area contributed by atoms with E-state index in [2.05, 4.69) is 14.9 Å². The Bertz CT molecular complexity index is 836. The predicted octanol–water partition coefficient (Wildman–Crippen LogP) is 3.47. The van der Waals surface area contributed by atoms with Gasteiger partial charge in [0.2, 0.25) is 0 Å². The molecule has 0 aliphatic carbocycles. The van der Waals surface area contributed by atoms with Gasteiger partial charge in [-0.1, -0.05) is 40.9 Å². The summed E-state index contributed by atoms with van der Waals surface area (Å²) in [5, 5.41) is 6.25. The van der Waals surface area contributed by atoms with Gasteiger partial charge in [0.25, 0.3) is 5.91 Å². The van der Waals surface area contributed by atoms with Crippen LogP contribution in [0.15, 0.2) is 18.2 Å². The minimum absolute atomic E-state index is 0.188. The molecule has 0 radical (unpaired) electrons. The Morgan fingerprint density at radius 2 is 2.04 bits per heavy atom. The second kappa shape index (κ2) is 7.41. The Morgan fingerprint density at radius 3 is 2.62 bits per heavy atom. The summed E-state index contributed by atoms with van der Waals surface area (Å²) in [6, 6.07) is 5.03. The standard InChI is InChI=1S/C12H11Cl3N3O5P/c1-6-2-3-8(7(13)4-6)16-12(19)10-9(14)11(15)18(17-10)5-23-24(20,21)22/h2-4H,5H2,1H3,(H,16,19)(H2,20,21,22). The van der Waals surface area contributed by atoms with Gasteiger partial charge in [-0.25, -0.2) is 9.25 Å². The lowest BCUT2D eigenvalue weighted by Gasteiger charge is -2.07. The Kier molecular flexibility index (Phi) is 5.93. The van der Waals surface area contributed by atoms with Crippen molar-refractivity contribution in [3.05, 3.63) is 44.7 Å². The summed E-state index contributed by atoms with van der Waals surface area (Å²) >= 11 is 17.8. The maximum Gasteiger partial charge on any atom is 0.471 e. The highest BCUT2D eigenvalue weighted by Gasteiger charge is 2.23. The third-order valence-corrected chi connectivity index (χ3v) is 4.38. The van der Waals surface area contributed by atoms with Crippen molar-refractivity contribution in [3.63, 3.8) is 0 Å². The zero-order chi connectivity index (χ0) is 18.1. The van der Waals surface area contributed by atoms with E-state index in [0.29, 0.717) is 10.7 Å². The van der Waals surface area contributed by atoms with Gasteiger partial charge < -0.3 is 15.1 Å². The van der Waals surface area contributed by atoms with E-state index in [9.17, 15) is 9.36 Å². The molecule has 1 aromatic carbocycles. The van der Waals surface area contributed by atoms with Crippen molar-refractivity contribution >= 4 is 54.2 Å². The Hall–Kier alpha value is -1.12.